The molecule has 1 aliphatic carbocycles. The van der Waals surface area contributed by atoms with Gasteiger partial charge in [-0.1, -0.05) is 57.4 Å². The molecule has 2 heteroatoms. The minimum absolute atomic E-state index is 0.537. The lowest BCUT2D eigenvalue weighted by molar-refractivity contribution is 0.0950. The summed E-state index contributed by atoms with van der Waals surface area (Å²) in [7, 11) is 0. The van der Waals surface area contributed by atoms with Crippen LogP contribution in [0.1, 0.15) is 50.7 Å². The molecule has 2 rings (SSSR count). The van der Waals surface area contributed by atoms with Gasteiger partial charge in [0.25, 0.3) is 0 Å². The highest BCUT2D eigenvalue weighted by atomic mass is 16.5. The normalized spacial score (nSPS) is 15.7. The van der Waals surface area contributed by atoms with Crippen molar-refractivity contribution in [3.05, 3.63) is 35.4 Å². The van der Waals surface area contributed by atoms with Gasteiger partial charge in [-0.2, -0.15) is 0 Å². The molecule has 0 atom stereocenters. The van der Waals surface area contributed by atoms with E-state index < -0.39 is 0 Å². The van der Waals surface area contributed by atoms with Crippen LogP contribution in [0.3, 0.4) is 0 Å². The Morgan fingerprint density at radius 1 is 1.16 bits per heavy atom. The molecule has 1 aromatic carbocycles. The first-order chi connectivity index (χ1) is 9.24. The van der Waals surface area contributed by atoms with Gasteiger partial charge in [0.05, 0.1) is 6.61 Å². The maximum absolute atomic E-state index is 5.75. The summed E-state index contributed by atoms with van der Waals surface area (Å²) in [5.41, 5.74) is 2.62. The topological polar surface area (TPSA) is 21.3 Å². The molecule has 0 heterocycles. The second-order valence-electron chi connectivity index (χ2n) is 5.99. The van der Waals surface area contributed by atoms with E-state index in [0.717, 1.165) is 25.7 Å². The van der Waals surface area contributed by atoms with Gasteiger partial charge in [-0.15, -0.1) is 0 Å². The molecule has 0 saturated heterocycles. The lowest BCUT2D eigenvalue weighted by atomic mass is 9.83. The summed E-state index contributed by atoms with van der Waals surface area (Å²) >= 11 is 0. The Kier molecular flexibility index (Phi) is 5.87. The van der Waals surface area contributed by atoms with E-state index in [0.29, 0.717) is 6.04 Å². The van der Waals surface area contributed by atoms with Crippen molar-refractivity contribution in [1.82, 2.24) is 5.32 Å². The molecule has 1 N–H and O–H groups in total. The van der Waals surface area contributed by atoms with E-state index >= 15 is 0 Å². The molecule has 1 saturated carbocycles. The molecule has 0 radical (unpaired) electrons. The molecule has 0 spiro atoms. The van der Waals surface area contributed by atoms with E-state index in [9.17, 15) is 0 Å². The molecule has 0 aliphatic heterocycles. The highest BCUT2D eigenvalue weighted by Gasteiger charge is 2.16. The van der Waals surface area contributed by atoms with Gasteiger partial charge in [0.1, 0.15) is 0 Å². The lowest BCUT2D eigenvalue weighted by Crippen LogP contribution is -2.21. The van der Waals surface area contributed by atoms with Crippen LogP contribution in [-0.2, 0) is 17.9 Å². The highest BCUT2D eigenvalue weighted by molar-refractivity contribution is 5.21. The van der Waals surface area contributed by atoms with Gasteiger partial charge < -0.3 is 10.1 Å². The third-order valence-corrected chi connectivity index (χ3v) is 3.90. The van der Waals surface area contributed by atoms with Crippen molar-refractivity contribution in [2.24, 2.45) is 5.92 Å². The molecule has 19 heavy (non-hydrogen) atoms. The molecule has 0 unspecified atom stereocenters. The van der Waals surface area contributed by atoms with E-state index in [2.05, 4.69) is 43.4 Å². The Bertz CT molecular complexity index is 354. The molecular formula is C17H27NO. The van der Waals surface area contributed by atoms with Gasteiger partial charge in [0, 0.05) is 19.2 Å². The quantitative estimate of drug-likeness (QED) is 0.717. The lowest BCUT2D eigenvalue weighted by Gasteiger charge is -2.24. The summed E-state index contributed by atoms with van der Waals surface area (Å²) in [5, 5.41) is 3.43. The van der Waals surface area contributed by atoms with Crippen molar-refractivity contribution < 1.29 is 4.74 Å². The molecule has 0 amide bonds. The van der Waals surface area contributed by atoms with Crippen molar-refractivity contribution in [2.45, 2.75) is 58.7 Å². The van der Waals surface area contributed by atoms with Crippen LogP contribution in [0, 0.1) is 5.92 Å². The minimum atomic E-state index is 0.537. The number of hydrogen-bond donors (Lipinski definition) is 1. The Morgan fingerprint density at radius 2 is 1.84 bits per heavy atom. The van der Waals surface area contributed by atoms with Crippen LogP contribution < -0.4 is 5.32 Å². The summed E-state index contributed by atoms with van der Waals surface area (Å²) < 4.78 is 5.75. The fraction of sp³-hybridized carbons (Fsp3) is 0.647. The molecule has 0 aromatic heterocycles. The maximum Gasteiger partial charge on any atom is 0.0716 e. The summed E-state index contributed by atoms with van der Waals surface area (Å²) in [6, 6.07) is 9.29. The minimum Gasteiger partial charge on any atom is -0.377 e. The second kappa shape index (κ2) is 7.66. The first-order valence-corrected chi connectivity index (χ1v) is 7.63. The summed E-state index contributed by atoms with van der Waals surface area (Å²) in [4.78, 5) is 0. The van der Waals surface area contributed by atoms with Gasteiger partial charge in [-0.25, -0.2) is 0 Å². The molecule has 0 bridgehead atoms. The smallest absolute Gasteiger partial charge is 0.0716 e. The molecular weight excluding hydrogens is 234 g/mol. The standard InChI is InChI=1S/C17H27NO/c1-14(2)18-12-16-6-8-17(9-7-16)13-19-11-10-15-4-3-5-15/h6-9,14-15,18H,3-5,10-13H2,1-2H3. The highest BCUT2D eigenvalue weighted by Crippen LogP contribution is 2.29. The second-order valence-corrected chi connectivity index (χ2v) is 5.99. The Hall–Kier alpha value is -0.860. The van der Waals surface area contributed by atoms with Crippen molar-refractivity contribution in [3.8, 4) is 0 Å². The fourth-order valence-corrected chi connectivity index (χ4v) is 2.30. The first kappa shape index (κ1) is 14.5. The average molecular weight is 261 g/mol. The summed E-state index contributed by atoms with van der Waals surface area (Å²) in [6.07, 6.45) is 5.51. The van der Waals surface area contributed by atoms with Crippen LogP contribution in [0.5, 0.6) is 0 Å². The van der Waals surface area contributed by atoms with Gasteiger partial charge in [0.15, 0.2) is 0 Å². The summed E-state index contributed by atoms with van der Waals surface area (Å²) in [5.74, 6) is 0.949. The first-order valence-electron chi connectivity index (χ1n) is 7.63. The Balaban J connectivity index is 1.63. The third kappa shape index (κ3) is 5.33. The number of nitrogens with one attached hydrogen (secondary N) is 1. The van der Waals surface area contributed by atoms with Crippen LogP contribution in [0.4, 0.5) is 0 Å². The van der Waals surface area contributed by atoms with Gasteiger partial charge >= 0.3 is 0 Å². The van der Waals surface area contributed by atoms with Crippen molar-refractivity contribution in [2.75, 3.05) is 6.61 Å². The number of hydrogen-bond acceptors (Lipinski definition) is 2. The zero-order chi connectivity index (χ0) is 13.5. The molecule has 1 aromatic rings. The molecule has 2 nitrogen and oxygen atoms in total. The van der Waals surface area contributed by atoms with E-state index in [1.54, 1.807) is 0 Å². The zero-order valence-corrected chi connectivity index (χ0v) is 12.3. The Labute approximate surface area is 117 Å². The Morgan fingerprint density at radius 3 is 2.42 bits per heavy atom. The van der Waals surface area contributed by atoms with E-state index in [-0.39, 0.29) is 0 Å². The fourth-order valence-electron chi connectivity index (χ4n) is 2.30. The molecule has 106 valence electrons. The van der Waals surface area contributed by atoms with Crippen molar-refractivity contribution in [1.29, 1.82) is 0 Å². The van der Waals surface area contributed by atoms with E-state index in [1.165, 1.54) is 36.8 Å². The predicted molar refractivity (Wildman–Crippen MR) is 80.0 cm³/mol. The van der Waals surface area contributed by atoms with Crippen LogP contribution in [0.2, 0.25) is 0 Å². The van der Waals surface area contributed by atoms with Crippen LogP contribution in [0.25, 0.3) is 0 Å². The predicted octanol–water partition coefficient (Wildman–Crippen LogP) is 3.89. The summed E-state index contributed by atoms with van der Waals surface area (Å²) in [6.45, 7) is 6.96. The largest absolute Gasteiger partial charge is 0.377 e. The number of rotatable bonds is 8. The van der Waals surface area contributed by atoms with Gasteiger partial charge in [-0.3, -0.25) is 0 Å². The SMILES string of the molecule is CC(C)NCc1ccc(COCCC2CCC2)cc1. The van der Waals surface area contributed by atoms with E-state index in [4.69, 9.17) is 4.74 Å². The van der Waals surface area contributed by atoms with Gasteiger partial charge in [-0.05, 0) is 23.5 Å². The van der Waals surface area contributed by atoms with Crippen LogP contribution in [0.15, 0.2) is 24.3 Å². The molecule has 1 aliphatic rings. The monoisotopic (exact) mass is 261 g/mol. The van der Waals surface area contributed by atoms with Crippen molar-refractivity contribution in [3.63, 3.8) is 0 Å². The average Bonchev–Trinajstić information content (AvgIpc) is 2.35. The third-order valence-electron chi connectivity index (χ3n) is 3.90. The van der Waals surface area contributed by atoms with Crippen molar-refractivity contribution >= 4 is 0 Å². The van der Waals surface area contributed by atoms with E-state index in [1.807, 2.05) is 0 Å². The van der Waals surface area contributed by atoms with Crippen LogP contribution >= 0.6 is 0 Å². The number of benzene rings is 1. The molecule has 1 fully saturated rings. The van der Waals surface area contributed by atoms with Gasteiger partial charge in [0.2, 0.25) is 0 Å². The number of ether oxygens (including phenoxy) is 1. The van der Waals surface area contributed by atoms with Crippen LogP contribution in [-0.4, -0.2) is 12.6 Å². The maximum atomic E-state index is 5.75. The zero-order valence-electron chi connectivity index (χ0n) is 12.3.